The maximum atomic E-state index is 12.7. The first-order valence-electron chi connectivity index (χ1n) is 15.3. The van der Waals surface area contributed by atoms with Crippen LogP contribution in [0.5, 0.6) is 0 Å². The van der Waals surface area contributed by atoms with Gasteiger partial charge in [-0.3, -0.25) is 0 Å². The molecule has 0 N–H and O–H groups in total. The molecule has 3 fully saturated rings. The van der Waals surface area contributed by atoms with Gasteiger partial charge in [-0.05, 0) is 76.6 Å². The predicted molar refractivity (Wildman–Crippen MR) is 165 cm³/mol. The van der Waals surface area contributed by atoms with Crippen LogP contribution in [0.3, 0.4) is 0 Å². The first kappa shape index (κ1) is 27.7. The van der Waals surface area contributed by atoms with Crippen LogP contribution in [0.1, 0.15) is 63.8 Å². The Balaban J connectivity index is 1.29. The number of ether oxygens (including phenoxy) is 2. The summed E-state index contributed by atoms with van der Waals surface area (Å²) in [5.74, 6) is 0. The van der Waals surface area contributed by atoms with Crippen molar-refractivity contribution in [3.8, 4) is 17.2 Å². The molecule has 4 aromatic rings. The van der Waals surface area contributed by atoms with Crippen molar-refractivity contribution in [1.82, 2.24) is 24.2 Å². The second-order valence-electron chi connectivity index (χ2n) is 13.6. The Morgan fingerprint density at radius 2 is 1.98 bits per heavy atom. The zero-order chi connectivity index (χ0) is 30.1. The van der Waals surface area contributed by atoms with Crippen molar-refractivity contribution in [3.05, 3.63) is 41.9 Å². The number of amides is 1. The lowest BCUT2D eigenvalue weighted by atomic mass is 9.79. The van der Waals surface area contributed by atoms with E-state index < -0.39 is 5.60 Å². The third-order valence-corrected chi connectivity index (χ3v) is 9.26. The molecule has 2 aromatic heterocycles. The van der Waals surface area contributed by atoms with E-state index in [1.54, 1.807) is 4.90 Å². The van der Waals surface area contributed by atoms with Gasteiger partial charge in [-0.25, -0.2) is 14.5 Å². The van der Waals surface area contributed by atoms with E-state index in [4.69, 9.17) is 19.6 Å². The third-order valence-electron chi connectivity index (χ3n) is 9.26. The number of aryl methyl sites for hydroxylation is 2. The van der Waals surface area contributed by atoms with Crippen molar-refractivity contribution in [3.63, 3.8) is 0 Å². The van der Waals surface area contributed by atoms with Gasteiger partial charge in [0.2, 0.25) is 0 Å². The van der Waals surface area contributed by atoms with Gasteiger partial charge in [0.05, 0.1) is 40.3 Å². The second kappa shape index (κ2) is 9.98. The van der Waals surface area contributed by atoms with Crippen LogP contribution in [0.15, 0.2) is 30.7 Å². The van der Waals surface area contributed by atoms with E-state index in [1.165, 1.54) is 0 Å². The van der Waals surface area contributed by atoms with Gasteiger partial charge >= 0.3 is 6.09 Å². The Labute approximate surface area is 251 Å². The van der Waals surface area contributed by atoms with Gasteiger partial charge in [-0.2, -0.15) is 10.4 Å². The number of hydrogen-bond donors (Lipinski definition) is 0. The molecule has 10 heteroatoms. The summed E-state index contributed by atoms with van der Waals surface area (Å²) >= 11 is 0. The number of benzene rings is 2. The molecule has 0 bridgehead atoms. The number of carbonyl (C=O) groups excluding carboxylic acids is 1. The Bertz CT molecular complexity index is 1780. The number of likely N-dealkylation sites (tertiary alicyclic amines) is 1. The normalized spacial score (nSPS) is 20.1. The standard InChI is InChI=1S/C33H39N7O3/c1-21-9-10-24-23(16-36-40(24)27-8-6-7-13-42-27)28(21)29-22(15-34)25(14-26-30(29)35-20-37(26)5)38-12-11-33(17-38)18-39(19-33)31(41)43-32(2,3)4/h9-10,14,16,20,27H,6-8,11-13,17-19H2,1-5H3. The van der Waals surface area contributed by atoms with Crippen LogP contribution in [-0.4, -0.2) is 68.7 Å². The number of carbonyl (C=O) groups is 1. The molecule has 43 heavy (non-hydrogen) atoms. The Morgan fingerprint density at radius 3 is 2.70 bits per heavy atom. The quantitative estimate of drug-likeness (QED) is 0.296. The molecule has 2 aromatic carbocycles. The summed E-state index contributed by atoms with van der Waals surface area (Å²) in [7, 11) is 2.00. The fourth-order valence-electron chi connectivity index (χ4n) is 7.18. The molecule has 3 saturated heterocycles. The predicted octanol–water partition coefficient (Wildman–Crippen LogP) is 5.92. The first-order valence-corrected chi connectivity index (χ1v) is 15.3. The van der Waals surface area contributed by atoms with Crippen LogP contribution in [0, 0.1) is 23.7 Å². The summed E-state index contributed by atoms with van der Waals surface area (Å²) in [5.41, 5.74) is 6.75. The molecule has 1 amide bonds. The third kappa shape index (κ3) is 4.61. The number of rotatable bonds is 3. The Morgan fingerprint density at radius 1 is 1.16 bits per heavy atom. The van der Waals surface area contributed by atoms with Gasteiger partial charge in [0.1, 0.15) is 11.7 Å². The van der Waals surface area contributed by atoms with E-state index in [-0.39, 0.29) is 17.7 Å². The highest BCUT2D eigenvalue weighted by atomic mass is 16.6. The lowest BCUT2D eigenvalue weighted by Crippen LogP contribution is -2.60. The number of fused-ring (bicyclic) bond motifs is 2. The van der Waals surface area contributed by atoms with Crippen molar-refractivity contribution in [2.75, 3.05) is 37.7 Å². The molecule has 10 nitrogen and oxygen atoms in total. The molecular weight excluding hydrogens is 542 g/mol. The highest BCUT2D eigenvalue weighted by molar-refractivity contribution is 6.08. The minimum Gasteiger partial charge on any atom is -0.444 e. The van der Waals surface area contributed by atoms with E-state index >= 15 is 0 Å². The molecule has 1 unspecified atom stereocenters. The molecule has 0 saturated carbocycles. The van der Waals surface area contributed by atoms with Gasteiger partial charge < -0.3 is 23.8 Å². The summed E-state index contributed by atoms with van der Waals surface area (Å²) in [6.45, 7) is 11.5. The van der Waals surface area contributed by atoms with Gasteiger partial charge in [-0.1, -0.05) is 6.07 Å². The van der Waals surface area contributed by atoms with E-state index in [0.717, 1.165) is 89.7 Å². The zero-order valence-electron chi connectivity index (χ0n) is 25.7. The summed E-state index contributed by atoms with van der Waals surface area (Å²) in [4.78, 5) is 21.6. The fraction of sp³-hybridized carbons (Fsp3) is 0.515. The highest BCUT2D eigenvalue weighted by Crippen LogP contribution is 2.46. The smallest absolute Gasteiger partial charge is 0.410 e. The van der Waals surface area contributed by atoms with Crippen molar-refractivity contribution in [1.29, 1.82) is 5.26 Å². The SMILES string of the molecule is Cc1ccc2c(cnn2C2CCCCO2)c1-c1c(C#N)c(N2CCC3(CN(C(=O)OC(C)(C)C)C3)C2)cc2c1ncn2C. The topological polar surface area (TPSA) is 101 Å². The number of hydrogen-bond acceptors (Lipinski definition) is 7. The monoisotopic (exact) mass is 581 g/mol. The molecule has 224 valence electrons. The van der Waals surface area contributed by atoms with E-state index in [2.05, 4.69) is 36.1 Å². The molecular formula is C33H39N7O3. The molecule has 7 rings (SSSR count). The Kier molecular flexibility index (Phi) is 6.43. The maximum absolute atomic E-state index is 12.7. The Hall–Kier alpha value is -4.10. The molecule has 3 aliphatic heterocycles. The second-order valence-corrected chi connectivity index (χ2v) is 13.6. The zero-order valence-corrected chi connectivity index (χ0v) is 25.7. The van der Waals surface area contributed by atoms with Gasteiger partial charge in [0.15, 0.2) is 6.23 Å². The van der Waals surface area contributed by atoms with Crippen molar-refractivity contribution in [2.24, 2.45) is 12.5 Å². The fourth-order valence-corrected chi connectivity index (χ4v) is 7.18. The van der Waals surface area contributed by atoms with Crippen molar-refractivity contribution >= 4 is 33.7 Å². The van der Waals surface area contributed by atoms with E-state index in [1.807, 2.05) is 49.6 Å². The van der Waals surface area contributed by atoms with E-state index in [0.29, 0.717) is 18.7 Å². The maximum Gasteiger partial charge on any atom is 0.410 e. The summed E-state index contributed by atoms with van der Waals surface area (Å²) in [6.07, 6.45) is 7.49. The van der Waals surface area contributed by atoms with E-state index in [9.17, 15) is 10.1 Å². The average molecular weight is 582 g/mol. The number of imidazole rings is 1. The molecule has 0 radical (unpaired) electrons. The highest BCUT2D eigenvalue weighted by Gasteiger charge is 2.50. The molecule has 0 aliphatic carbocycles. The largest absolute Gasteiger partial charge is 0.444 e. The first-order chi connectivity index (χ1) is 20.6. The number of nitrogens with zero attached hydrogens (tertiary/aromatic N) is 7. The number of nitriles is 1. The molecule has 1 atom stereocenters. The lowest BCUT2D eigenvalue weighted by Gasteiger charge is -2.47. The summed E-state index contributed by atoms with van der Waals surface area (Å²) in [5, 5.41) is 16.6. The average Bonchev–Trinajstić information content (AvgIpc) is 3.68. The van der Waals surface area contributed by atoms with Crippen LogP contribution in [0.4, 0.5) is 10.5 Å². The van der Waals surface area contributed by atoms with Gasteiger partial charge in [0, 0.05) is 56.2 Å². The van der Waals surface area contributed by atoms with Crippen LogP contribution in [0.25, 0.3) is 33.1 Å². The number of anilines is 1. The molecule has 3 aliphatic rings. The molecule has 5 heterocycles. The van der Waals surface area contributed by atoms with Crippen LogP contribution >= 0.6 is 0 Å². The van der Waals surface area contributed by atoms with Crippen molar-refractivity contribution < 1.29 is 14.3 Å². The van der Waals surface area contributed by atoms with Crippen LogP contribution in [-0.2, 0) is 16.5 Å². The van der Waals surface area contributed by atoms with Gasteiger partial charge in [0.25, 0.3) is 0 Å². The number of aromatic nitrogens is 4. The summed E-state index contributed by atoms with van der Waals surface area (Å²) in [6, 6.07) is 8.94. The minimum atomic E-state index is -0.515. The summed E-state index contributed by atoms with van der Waals surface area (Å²) < 4.78 is 15.7. The van der Waals surface area contributed by atoms with Crippen LogP contribution in [0.2, 0.25) is 0 Å². The van der Waals surface area contributed by atoms with Crippen molar-refractivity contribution in [2.45, 2.75) is 65.2 Å². The van der Waals surface area contributed by atoms with Crippen LogP contribution < -0.4 is 4.90 Å². The minimum absolute atomic E-state index is 0.00226. The lowest BCUT2D eigenvalue weighted by molar-refractivity contribution is -0.0366. The molecule has 1 spiro atoms. The van der Waals surface area contributed by atoms with Gasteiger partial charge in [-0.15, -0.1) is 0 Å².